The Hall–Kier alpha value is -2.85. The number of benzene rings is 2. The summed E-state index contributed by atoms with van der Waals surface area (Å²) in [6, 6.07) is 9.11. The fourth-order valence-corrected chi connectivity index (χ4v) is 2.78. The Morgan fingerprint density at radius 3 is 2.35 bits per heavy atom. The molecular formula is C16H14F2N2O5S. The Balaban J connectivity index is 1.79. The summed E-state index contributed by atoms with van der Waals surface area (Å²) in [4.78, 5) is 22.9. The van der Waals surface area contributed by atoms with Crippen LogP contribution in [0, 0.1) is 11.6 Å². The van der Waals surface area contributed by atoms with Gasteiger partial charge in [0.25, 0.3) is 5.91 Å². The molecule has 2 rings (SSSR count). The van der Waals surface area contributed by atoms with Crippen LogP contribution in [0.4, 0.5) is 14.5 Å². The van der Waals surface area contributed by atoms with Crippen LogP contribution >= 0.6 is 0 Å². The van der Waals surface area contributed by atoms with Gasteiger partial charge in [0, 0.05) is 5.69 Å². The molecule has 0 saturated heterocycles. The van der Waals surface area contributed by atoms with Crippen molar-refractivity contribution >= 4 is 27.6 Å². The molecule has 2 aromatic carbocycles. The third kappa shape index (κ3) is 5.90. The highest BCUT2D eigenvalue weighted by Gasteiger charge is 2.16. The molecule has 2 N–H and O–H groups in total. The van der Waals surface area contributed by atoms with Crippen molar-refractivity contribution in [2.24, 2.45) is 0 Å². The minimum Gasteiger partial charge on any atom is -0.455 e. The SMILES string of the molecule is O=C(COC(=O)CNS(=O)(=O)c1ccc(F)cc1)Nc1cccc(F)c1. The van der Waals surface area contributed by atoms with E-state index in [0.29, 0.717) is 0 Å². The standard InChI is InChI=1S/C16H14F2N2O5S/c17-11-4-6-14(7-5-11)26(23,24)19-9-16(22)25-10-15(21)20-13-3-1-2-12(18)8-13/h1-8,19H,9-10H2,(H,20,21). The number of halogens is 2. The topological polar surface area (TPSA) is 102 Å². The van der Waals surface area contributed by atoms with Gasteiger partial charge in [-0.25, -0.2) is 17.2 Å². The summed E-state index contributed by atoms with van der Waals surface area (Å²) in [7, 11) is -4.02. The van der Waals surface area contributed by atoms with Crippen LogP contribution in [0.1, 0.15) is 0 Å². The van der Waals surface area contributed by atoms with E-state index in [2.05, 4.69) is 10.1 Å². The van der Waals surface area contributed by atoms with Crippen molar-refractivity contribution in [1.29, 1.82) is 0 Å². The van der Waals surface area contributed by atoms with Gasteiger partial charge in [-0.3, -0.25) is 9.59 Å². The normalized spacial score (nSPS) is 11.0. The number of ether oxygens (including phenoxy) is 1. The van der Waals surface area contributed by atoms with E-state index in [1.807, 2.05) is 4.72 Å². The zero-order valence-electron chi connectivity index (χ0n) is 13.2. The number of amides is 1. The summed E-state index contributed by atoms with van der Waals surface area (Å²) in [5.41, 5.74) is 0.183. The number of anilines is 1. The Bertz CT molecular complexity index is 901. The average molecular weight is 384 g/mol. The van der Waals surface area contributed by atoms with E-state index >= 15 is 0 Å². The fourth-order valence-electron chi connectivity index (χ4n) is 1.81. The van der Waals surface area contributed by atoms with Crippen LogP contribution in [0.25, 0.3) is 0 Å². The maximum atomic E-state index is 13.0. The monoisotopic (exact) mass is 384 g/mol. The molecule has 2 aromatic rings. The van der Waals surface area contributed by atoms with Gasteiger partial charge in [-0.15, -0.1) is 0 Å². The summed E-state index contributed by atoms with van der Waals surface area (Å²) in [5, 5.41) is 2.31. The molecule has 0 fully saturated rings. The summed E-state index contributed by atoms with van der Waals surface area (Å²) in [5.74, 6) is -2.86. The maximum Gasteiger partial charge on any atom is 0.321 e. The lowest BCUT2D eigenvalue weighted by Gasteiger charge is -2.08. The summed E-state index contributed by atoms with van der Waals surface area (Å²) in [6.07, 6.45) is 0. The lowest BCUT2D eigenvalue weighted by Crippen LogP contribution is -2.32. The number of esters is 1. The van der Waals surface area contributed by atoms with Crippen molar-refractivity contribution in [3.63, 3.8) is 0 Å². The second-order valence-corrected chi connectivity index (χ2v) is 6.76. The van der Waals surface area contributed by atoms with E-state index in [1.54, 1.807) is 0 Å². The van der Waals surface area contributed by atoms with E-state index in [1.165, 1.54) is 18.2 Å². The second kappa shape index (κ2) is 8.50. The van der Waals surface area contributed by atoms with Crippen LogP contribution in [-0.2, 0) is 24.3 Å². The highest BCUT2D eigenvalue weighted by atomic mass is 32.2. The maximum absolute atomic E-state index is 13.0. The van der Waals surface area contributed by atoms with Gasteiger partial charge >= 0.3 is 5.97 Å². The summed E-state index contributed by atoms with van der Waals surface area (Å²) >= 11 is 0. The molecule has 138 valence electrons. The first-order chi connectivity index (χ1) is 12.3. The molecule has 0 atom stereocenters. The Labute approximate surface area is 148 Å². The molecular weight excluding hydrogens is 370 g/mol. The predicted molar refractivity (Wildman–Crippen MR) is 87.6 cm³/mol. The smallest absolute Gasteiger partial charge is 0.321 e. The van der Waals surface area contributed by atoms with E-state index in [0.717, 1.165) is 30.3 Å². The molecule has 0 radical (unpaired) electrons. The van der Waals surface area contributed by atoms with Crippen molar-refractivity contribution in [2.75, 3.05) is 18.5 Å². The molecule has 7 nitrogen and oxygen atoms in total. The number of hydrogen-bond donors (Lipinski definition) is 2. The van der Waals surface area contributed by atoms with Gasteiger partial charge in [0.2, 0.25) is 10.0 Å². The van der Waals surface area contributed by atoms with Crippen molar-refractivity contribution in [3.05, 3.63) is 60.2 Å². The number of nitrogens with one attached hydrogen (secondary N) is 2. The van der Waals surface area contributed by atoms with Crippen molar-refractivity contribution in [3.8, 4) is 0 Å². The van der Waals surface area contributed by atoms with E-state index in [4.69, 9.17) is 0 Å². The fraction of sp³-hybridized carbons (Fsp3) is 0.125. The molecule has 0 aromatic heterocycles. The molecule has 0 unspecified atom stereocenters. The molecule has 0 aliphatic carbocycles. The van der Waals surface area contributed by atoms with E-state index in [9.17, 15) is 26.8 Å². The zero-order valence-corrected chi connectivity index (χ0v) is 14.1. The van der Waals surface area contributed by atoms with Crippen LogP contribution in [-0.4, -0.2) is 33.4 Å². The quantitative estimate of drug-likeness (QED) is 0.703. The zero-order chi connectivity index (χ0) is 19.2. The number of rotatable bonds is 7. The Morgan fingerprint density at radius 2 is 1.69 bits per heavy atom. The van der Waals surface area contributed by atoms with Gasteiger partial charge in [0.1, 0.15) is 18.2 Å². The molecule has 0 saturated carbocycles. The van der Waals surface area contributed by atoms with Crippen LogP contribution < -0.4 is 10.0 Å². The third-order valence-corrected chi connectivity index (χ3v) is 4.42. The largest absolute Gasteiger partial charge is 0.455 e. The molecule has 0 spiro atoms. The Kier molecular flexibility index (Phi) is 6.36. The van der Waals surface area contributed by atoms with Gasteiger partial charge < -0.3 is 10.1 Å². The first-order valence-electron chi connectivity index (χ1n) is 7.22. The number of carbonyl (C=O) groups excluding carboxylic acids is 2. The van der Waals surface area contributed by atoms with E-state index in [-0.39, 0.29) is 10.6 Å². The van der Waals surface area contributed by atoms with Crippen molar-refractivity contribution < 1.29 is 31.5 Å². The van der Waals surface area contributed by atoms with Gasteiger partial charge in [-0.1, -0.05) is 6.07 Å². The van der Waals surface area contributed by atoms with Gasteiger partial charge in [-0.2, -0.15) is 4.72 Å². The first kappa shape index (κ1) is 19.5. The molecule has 10 heteroatoms. The number of carbonyl (C=O) groups is 2. The van der Waals surface area contributed by atoms with Crippen LogP contribution in [0.5, 0.6) is 0 Å². The van der Waals surface area contributed by atoms with Crippen LogP contribution in [0.3, 0.4) is 0 Å². The molecule has 0 bridgehead atoms. The summed E-state index contributed by atoms with van der Waals surface area (Å²) in [6.45, 7) is -1.39. The molecule has 26 heavy (non-hydrogen) atoms. The molecule has 0 aliphatic heterocycles. The lowest BCUT2D eigenvalue weighted by atomic mass is 10.3. The summed E-state index contributed by atoms with van der Waals surface area (Å²) < 4.78 is 56.2. The van der Waals surface area contributed by atoms with Crippen LogP contribution in [0.15, 0.2) is 53.4 Å². The number of sulfonamides is 1. The lowest BCUT2D eigenvalue weighted by molar-refractivity contribution is -0.146. The first-order valence-corrected chi connectivity index (χ1v) is 8.71. The van der Waals surface area contributed by atoms with Gasteiger partial charge in [0.05, 0.1) is 4.90 Å². The second-order valence-electron chi connectivity index (χ2n) is 5.00. The van der Waals surface area contributed by atoms with E-state index < -0.39 is 46.7 Å². The molecule has 1 amide bonds. The van der Waals surface area contributed by atoms with Gasteiger partial charge in [-0.05, 0) is 42.5 Å². The third-order valence-electron chi connectivity index (χ3n) is 3.00. The minimum atomic E-state index is -4.02. The predicted octanol–water partition coefficient (Wildman–Crippen LogP) is 1.42. The molecule has 0 aliphatic rings. The van der Waals surface area contributed by atoms with Crippen molar-refractivity contribution in [1.82, 2.24) is 4.72 Å². The van der Waals surface area contributed by atoms with Crippen LogP contribution in [0.2, 0.25) is 0 Å². The average Bonchev–Trinajstić information content (AvgIpc) is 2.59. The molecule has 0 heterocycles. The highest BCUT2D eigenvalue weighted by Crippen LogP contribution is 2.10. The minimum absolute atomic E-state index is 0.183. The highest BCUT2D eigenvalue weighted by molar-refractivity contribution is 7.89. The van der Waals surface area contributed by atoms with Gasteiger partial charge in [0.15, 0.2) is 6.61 Å². The number of hydrogen-bond acceptors (Lipinski definition) is 5. The van der Waals surface area contributed by atoms with Crippen molar-refractivity contribution in [2.45, 2.75) is 4.90 Å². The Morgan fingerprint density at radius 1 is 1.00 bits per heavy atom.